The lowest BCUT2D eigenvalue weighted by molar-refractivity contribution is 1.05. The number of aryl methyl sites for hydroxylation is 1. The van der Waals surface area contributed by atoms with E-state index in [0.717, 1.165) is 34.0 Å². The van der Waals surface area contributed by atoms with E-state index in [1.807, 2.05) is 19.2 Å². The molecule has 0 saturated heterocycles. The van der Waals surface area contributed by atoms with Crippen LogP contribution >= 0.6 is 0 Å². The molecule has 34 heavy (non-hydrogen) atoms. The molecule has 4 nitrogen and oxygen atoms in total. The Bertz CT molecular complexity index is 1390. The van der Waals surface area contributed by atoms with Crippen molar-refractivity contribution in [3.63, 3.8) is 0 Å². The van der Waals surface area contributed by atoms with Gasteiger partial charge in [0.2, 0.25) is 0 Å². The van der Waals surface area contributed by atoms with Crippen molar-refractivity contribution in [2.45, 2.75) is 20.0 Å². The molecule has 2 heterocycles. The average molecular weight is 461 g/mol. The number of anilines is 3. The van der Waals surface area contributed by atoms with Gasteiger partial charge in [-0.2, -0.15) is 5.10 Å². The van der Waals surface area contributed by atoms with Crippen LogP contribution in [0.5, 0.6) is 0 Å². The normalized spacial score (nSPS) is 11.4. The van der Waals surface area contributed by atoms with Gasteiger partial charge >= 0.3 is 0 Å². The minimum Gasteiger partial charge on any atom is -0.310 e. The summed E-state index contributed by atoms with van der Waals surface area (Å²) >= 11 is 0. The Kier molecular flexibility index (Phi) is 5.86. The first-order valence-electron chi connectivity index (χ1n) is 11.5. The number of hydrogen-bond donors (Lipinski definition) is 1. The number of aromatic amines is 1. The van der Waals surface area contributed by atoms with E-state index < -0.39 is 8.07 Å². The van der Waals surface area contributed by atoms with E-state index in [1.165, 1.54) is 10.5 Å². The molecule has 1 N–H and O–H groups in total. The standard InChI is InChI=1S/C29H28N4Si/c1-22-19-28(32-31-22)23-11-9-14-25(20-23)33(24-12-5-4-6-13-24)26-15-10-16-27(21-26)34(2,3)29-17-7-8-18-30-29/h4-21H,1-3H3,(H,31,32). The van der Waals surface area contributed by atoms with Crippen molar-refractivity contribution in [1.29, 1.82) is 0 Å². The maximum absolute atomic E-state index is 4.70. The van der Waals surface area contributed by atoms with E-state index in [0.29, 0.717) is 0 Å². The second kappa shape index (κ2) is 9.12. The Morgan fingerprint density at radius 3 is 2.12 bits per heavy atom. The maximum Gasteiger partial charge on any atom is 0.135 e. The zero-order chi connectivity index (χ0) is 23.5. The van der Waals surface area contributed by atoms with Gasteiger partial charge in [0.05, 0.1) is 5.69 Å². The minimum atomic E-state index is -1.95. The first kappa shape index (κ1) is 21.9. The lowest BCUT2D eigenvalue weighted by Gasteiger charge is -2.28. The zero-order valence-electron chi connectivity index (χ0n) is 19.7. The molecule has 0 bridgehead atoms. The van der Waals surface area contributed by atoms with E-state index >= 15 is 0 Å². The number of aromatic nitrogens is 3. The molecule has 0 aliphatic heterocycles. The van der Waals surface area contributed by atoms with Gasteiger partial charge in [-0.1, -0.05) is 66.8 Å². The van der Waals surface area contributed by atoms with Crippen molar-refractivity contribution in [2.75, 3.05) is 4.90 Å². The van der Waals surface area contributed by atoms with Crippen molar-refractivity contribution in [3.8, 4) is 11.3 Å². The summed E-state index contributed by atoms with van der Waals surface area (Å²) in [6.45, 7) is 6.75. The number of hydrogen-bond acceptors (Lipinski definition) is 3. The van der Waals surface area contributed by atoms with Crippen LogP contribution in [0.4, 0.5) is 17.1 Å². The molecule has 0 atom stereocenters. The van der Waals surface area contributed by atoms with Crippen LogP contribution in [0.1, 0.15) is 5.69 Å². The van der Waals surface area contributed by atoms with E-state index in [4.69, 9.17) is 4.98 Å². The topological polar surface area (TPSA) is 44.8 Å². The first-order valence-corrected chi connectivity index (χ1v) is 14.5. The van der Waals surface area contributed by atoms with Gasteiger partial charge in [0.1, 0.15) is 8.07 Å². The molecule has 3 aromatic carbocycles. The second-order valence-corrected chi connectivity index (χ2v) is 13.4. The van der Waals surface area contributed by atoms with E-state index in [2.05, 4.69) is 125 Å². The van der Waals surface area contributed by atoms with E-state index in [1.54, 1.807) is 0 Å². The van der Waals surface area contributed by atoms with E-state index in [-0.39, 0.29) is 0 Å². The summed E-state index contributed by atoms with van der Waals surface area (Å²) in [7, 11) is -1.95. The predicted molar refractivity (Wildman–Crippen MR) is 144 cm³/mol. The molecule has 0 fully saturated rings. The number of H-pyrrole nitrogens is 1. The zero-order valence-corrected chi connectivity index (χ0v) is 20.7. The van der Waals surface area contributed by atoms with Gasteiger partial charge in [-0.05, 0) is 61.5 Å². The number of nitrogens with one attached hydrogen (secondary N) is 1. The Morgan fingerprint density at radius 2 is 1.41 bits per heavy atom. The fourth-order valence-corrected chi connectivity index (χ4v) is 6.54. The Hall–Kier alpha value is -3.96. The maximum atomic E-state index is 4.70. The van der Waals surface area contributed by atoms with Crippen LogP contribution in [0.25, 0.3) is 11.3 Å². The number of benzene rings is 3. The third-order valence-electron chi connectivity index (χ3n) is 6.25. The lowest BCUT2D eigenvalue weighted by atomic mass is 10.1. The fraction of sp³-hybridized carbons (Fsp3) is 0.103. The molecular formula is C29H28N4Si. The lowest BCUT2D eigenvalue weighted by Crippen LogP contribution is -2.54. The summed E-state index contributed by atoms with van der Waals surface area (Å²) in [6, 6.07) is 36.3. The molecule has 0 aliphatic carbocycles. The van der Waals surface area contributed by atoms with Crippen molar-refractivity contribution in [3.05, 3.63) is 115 Å². The highest BCUT2D eigenvalue weighted by Gasteiger charge is 2.28. The summed E-state index contributed by atoms with van der Waals surface area (Å²) in [6.07, 6.45) is 1.90. The van der Waals surface area contributed by atoms with Crippen LogP contribution < -0.4 is 15.4 Å². The third kappa shape index (κ3) is 4.30. The molecule has 5 aromatic rings. The molecule has 2 aromatic heterocycles. The van der Waals surface area contributed by atoms with Gasteiger partial charge in [0.25, 0.3) is 0 Å². The van der Waals surface area contributed by atoms with Gasteiger partial charge in [0.15, 0.2) is 0 Å². The Labute approximate surface area is 202 Å². The average Bonchev–Trinajstić information content (AvgIpc) is 3.32. The van der Waals surface area contributed by atoms with Gasteiger partial charge in [-0.15, -0.1) is 0 Å². The molecule has 0 amide bonds. The quantitative estimate of drug-likeness (QED) is 0.313. The van der Waals surface area contributed by atoms with Crippen molar-refractivity contribution >= 4 is 35.6 Å². The van der Waals surface area contributed by atoms with Crippen molar-refractivity contribution in [2.24, 2.45) is 0 Å². The summed E-state index contributed by atoms with van der Waals surface area (Å²) in [5.74, 6) is 0. The van der Waals surface area contributed by atoms with Crippen LogP contribution in [-0.4, -0.2) is 23.3 Å². The molecule has 5 heteroatoms. The van der Waals surface area contributed by atoms with Crippen LogP contribution in [0.15, 0.2) is 109 Å². The molecule has 0 unspecified atom stereocenters. The third-order valence-corrected chi connectivity index (χ3v) is 9.58. The van der Waals surface area contributed by atoms with Gasteiger partial charge in [0, 0.05) is 39.8 Å². The van der Waals surface area contributed by atoms with Gasteiger partial charge in [-0.25, -0.2) is 0 Å². The molecular weight excluding hydrogens is 432 g/mol. The fourth-order valence-electron chi connectivity index (χ4n) is 4.31. The summed E-state index contributed by atoms with van der Waals surface area (Å²) < 4.78 is 0. The minimum absolute atomic E-state index is 0.949. The van der Waals surface area contributed by atoms with Crippen LogP contribution in [0.2, 0.25) is 13.1 Å². The first-order chi connectivity index (χ1) is 16.5. The van der Waals surface area contributed by atoms with Gasteiger partial charge in [-0.3, -0.25) is 10.1 Å². The van der Waals surface area contributed by atoms with Crippen LogP contribution in [0, 0.1) is 6.92 Å². The van der Waals surface area contributed by atoms with Gasteiger partial charge < -0.3 is 4.90 Å². The highest BCUT2D eigenvalue weighted by molar-refractivity contribution is 7.00. The molecule has 0 radical (unpaired) electrons. The summed E-state index contributed by atoms with van der Waals surface area (Å²) in [5.41, 5.74) is 6.43. The SMILES string of the molecule is Cc1cc(-c2cccc(N(c3ccccc3)c3cccc([Si](C)(C)c4ccccn4)c3)c2)n[nH]1. The number of rotatable bonds is 6. The van der Waals surface area contributed by atoms with Crippen molar-refractivity contribution < 1.29 is 0 Å². The highest BCUT2D eigenvalue weighted by Crippen LogP contribution is 2.36. The van der Waals surface area contributed by atoms with Crippen molar-refractivity contribution in [1.82, 2.24) is 15.2 Å². The summed E-state index contributed by atoms with van der Waals surface area (Å²) in [5, 5.41) is 10.1. The molecule has 0 aliphatic rings. The molecule has 5 rings (SSSR count). The number of nitrogens with zero attached hydrogens (tertiary/aromatic N) is 3. The van der Waals surface area contributed by atoms with Crippen LogP contribution in [0.3, 0.4) is 0 Å². The summed E-state index contributed by atoms with van der Waals surface area (Å²) in [4.78, 5) is 7.02. The molecule has 0 saturated carbocycles. The second-order valence-electron chi connectivity index (χ2n) is 9.05. The highest BCUT2D eigenvalue weighted by atomic mass is 28.3. The largest absolute Gasteiger partial charge is 0.310 e. The van der Waals surface area contributed by atoms with Crippen LogP contribution in [-0.2, 0) is 0 Å². The smallest absolute Gasteiger partial charge is 0.135 e. The Morgan fingerprint density at radius 1 is 0.706 bits per heavy atom. The predicted octanol–water partition coefficient (Wildman–Crippen LogP) is 6.07. The molecule has 0 spiro atoms. The number of para-hydroxylation sites is 1. The number of pyridine rings is 1. The molecule has 168 valence electrons. The van der Waals surface area contributed by atoms with E-state index in [9.17, 15) is 0 Å². The Balaban J connectivity index is 1.62. The monoisotopic (exact) mass is 460 g/mol.